The third-order valence-electron chi connectivity index (χ3n) is 6.35. The van der Waals surface area contributed by atoms with E-state index in [-0.39, 0.29) is 12.1 Å². The van der Waals surface area contributed by atoms with Gasteiger partial charge in [0.2, 0.25) is 5.95 Å². The van der Waals surface area contributed by atoms with Crippen molar-refractivity contribution >= 4 is 17.5 Å². The van der Waals surface area contributed by atoms with Gasteiger partial charge in [0, 0.05) is 54.5 Å². The molecule has 9 heteroatoms. The normalized spacial score (nSPS) is 21.0. The van der Waals surface area contributed by atoms with Gasteiger partial charge in [-0.3, -0.25) is 4.68 Å². The number of nitrogens with zero attached hydrogens (tertiary/aromatic N) is 5. The van der Waals surface area contributed by atoms with E-state index in [1.54, 1.807) is 12.1 Å². The number of hydrogen-bond donors (Lipinski definition) is 3. The van der Waals surface area contributed by atoms with Crippen molar-refractivity contribution < 1.29 is 4.74 Å². The van der Waals surface area contributed by atoms with Crippen LogP contribution >= 0.6 is 0 Å². The van der Waals surface area contributed by atoms with E-state index in [1.165, 1.54) is 0 Å². The smallest absolute Gasteiger partial charge is 0.229 e. The lowest BCUT2D eigenvalue weighted by Crippen LogP contribution is -2.21. The molecule has 0 bridgehead atoms. The van der Waals surface area contributed by atoms with Gasteiger partial charge in [0.25, 0.3) is 0 Å². The average molecular weight is 445 g/mol. The van der Waals surface area contributed by atoms with Crippen molar-refractivity contribution in [3.63, 3.8) is 0 Å². The number of nitriles is 1. The van der Waals surface area contributed by atoms with E-state index in [0.717, 1.165) is 68.0 Å². The van der Waals surface area contributed by atoms with E-state index in [4.69, 9.17) is 20.7 Å². The van der Waals surface area contributed by atoms with Crippen molar-refractivity contribution in [2.75, 3.05) is 23.8 Å². The SMILES string of the molecule is N#Cc1ccc(Nc2ncc(-c3cnn(C4CCOCC4)c3)c(NC3CCC(N)C3)n2)cc1. The summed E-state index contributed by atoms with van der Waals surface area (Å²) < 4.78 is 7.52. The maximum absolute atomic E-state index is 9.01. The molecule has 0 radical (unpaired) electrons. The summed E-state index contributed by atoms with van der Waals surface area (Å²) in [5.41, 5.74) is 9.47. The molecule has 0 amide bonds. The highest BCUT2D eigenvalue weighted by Crippen LogP contribution is 2.31. The van der Waals surface area contributed by atoms with Gasteiger partial charge in [0.05, 0.1) is 23.9 Å². The van der Waals surface area contributed by atoms with E-state index < -0.39 is 0 Å². The number of nitrogens with one attached hydrogen (secondary N) is 2. The first-order valence-corrected chi connectivity index (χ1v) is 11.5. The van der Waals surface area contributed by atoms with E-state index >= 15 is 0 Å². The molecule has 2 unspecified atom stereocenters. The zero-order chi connectivity index (χ0) is 22.6. The largest absolute Gasteiger partial charge is 0.381 e. The van der Waals surface area contributed by atoms with E-state index in [0.29, 0.717) is 17.6 Å². The van der Waals surface area contributed by atoms with Gasteiger partial charge in [-0.05, 0) is 56.4 Å². The number of benzene rings is 1. The number of ether oxygens (including phenoxy) is 1. The molecule has 3 heterocycles. The van der Waals surface area contributed by atoms with Crippen LogP contribution in [0, 0.1) is 11.3 Å². The second-order valence-electron chi connectivity index (χ2n) is 8.74. The van der Waals surface area contributed by atoms with Crippen molar-refractivity contribution in [3.05, 3.63) is 48.4 Å². The van der Waals surface area contributed by atoms with Gasteiger partial charge in [0.15, 0.2) is 0 Å². The van der Waals surface area contributed by atoms with E-state index in [9.17, 15) is 0 Å². The van der Waals surface area contributed by atoms with Crippen LogP contribution in [0.5, 0.6) is 0 Å². The Hall–Kier alpha value is -3.48. The minimum atomic E-state index is 0.223. The summed E-state index contributed by atoms with van der Waals surface area (Å²) in [6, 6.07) is 10.2. The molecule has 5 rings (SSSR count). The quantitative estimate of drug-likeness (QED) is 0.526. The molecule has 1 aliphatic heterocycles. The third kappa shape index (κ3) is 4.97. The molecular weight excluding hydrogens is 416 g/mol. The Kier molecular flexibility index (Phi) is 6.19. The second kappa shape index (κ2) is 9.57. The highest BCUT2D eigenvalue weighted by molar-refractivity contribution is 5.75. The van der Waals surface area contributed by atoms with Crippen LogP contribution in [0.1, 0.15) is 43.7 Å². The van der Waals surface area contributed by atoms with Crippen molar-refractivity contribution in [1.82, 2.24) is 19.7 Å². The van der Waals surface area contributed by atoms with Crippen molar-refractivity contribution in [2.24, 2.45) is 5.73 Å². The zero-order valence-corrected chi connectivity index (χ0v) is 18.4. The standard InChI is InChI=1S/C24H28N8O/c25-12-16-1-4-19(5-2-16)30-24-27-14-22(23(31-24)29-20-6-3-18(26)11-20)17-13-28-32(15-17)21-7-9-33-10-8-21/h1-2,4-5,13-15,18,20-21H,3,6-11,26H2,(H2,27,29,30,31). The molecule has 2 fully saturated rings. The molecule has 33 heavy (non-hydrogen) atoms. The van der Waals surface area contributed by atoms with Gasteiger partial charge in [-0.2, -0.15) is 15.3 Å². The number of rotatable bonds is 6. The number of nitrogens with two attached hydrogens (primary N) is 1. The summed E-state index contributed by atoms with van der Waals surface area (Å²) in [5, 5.41) is 20.5. The molecular formula is C24H28N8O. The fraction of sp³-hybridized carbons (Fsp3) is 0.417. The molecule has 170 valence electrons. The average Bonchev–Trinajstić information content (AvgIpc) is 3.50. The molecule has 1 saturated heterocycles. The summed E-state index contributed by atoms with van der Waals surface area (Å²) in [5.74, 6) is 1.26. The topological polar surface area (TPSA) is 127 Å². The molecule has 0 spiro atoms. The van der Waals surface area contributed by atoms with Gasteiger partial charge in [0.1, 0.15) is 5.82 Å². The monoisotopic (exact) mass is 444 g/mol. The van der Waals surface area contributed by atoms with Crippen molar-refractivity contribution in [2.45, 2.75) is 50.2 Å². The Balaban J connectivity index is 1.42. The van der Waals surface area contributed by atoms with Gasteiger partial charge >= 0.3 is 0 Å². The first-order chi connectivity index (χ1) is 16.2. The maximum atomic E-state index is 9.01. The summed E-state index contributed by atoms with van der Waals surface area (Å²) in [6.07, 6.45) is 10.7. The lowest BCUT2D eigenvalue weighted by molar-refractivity contribution is 0.0662. The summed E-state index contributed by atoms with van der Waals surface area (Å²) in [7, 11) is 0. The highest BCUT2D eigenvalue weighted by atomic mass is 16.5. The molecule has 1 aromatic carbocycles. The predicted octanol–water partition coefficient (Wildman–Crippen LogP) is 3.60. The first kappa shape index (κ1) is 21.4. The molecule has 9 nitrogen and oxygen atoms in total. The molecule has 4 N–H and O–H groups in total. The lowest BCUT2D eigenvalue weighted by atomic mass is 10.1. The minimum Gasteiger partial charge on any atom is -0.381 e. The summed E-state index contributed by atoms with van der Waals surface area (Å²) >= 11 is 0. The Morgan fingerprint density at radius 1 is 1.09 bits per heavy atom. The van der Waals surface area contributed by atoms with Gasteiger partial charge < -0.3 is 21.1 Å². The Labute approximate surface area is 193 Å². The van der Waals surface area contributed by atoms with Crippen LogP contribution in [-0.4, -0.2) is 45.0 Å². The molecule has 2 aliphatic rings. The number of hydrogen-bond acceptors (Lipinski definition) is 8. The second-order valence-corrected chi connectivity index (χ2v) is 8.74. The van der Waals surface area contributed by atoms with Crippen LogP contribution in [-0.2, 0) is 4.74 Å². The van der Waals surface area contributed by atoms with Gasteiger partial charge in [-0.1, -0.05) is 0 Å². The Morgan fingerprint density at radius 3 is 2.64 bits per heavy atom. The van der Waals surface area contributed by atoms with Crippen LogP contribution in [0.25, 0.3) is 11.1 Å². The highest BCUT2D eigenvalue weighted by Gasteiger charge is 2.24. The van der Waals surface area contributed by atoms with E-state index in [2.05, 4.69) is 33.0 Å². The fourth-order valence-corrected chi connectivity index (χ4v) is 4.49. The summed E-state index contributed by atoms with van der Waals surface area (Å²) in [6.45, 7) is 1.54. The van der Waals surface area contributed by atoms with Crippen LogP contribution < -0.4 is 16.4 Å². The van der Waals surface area contributed by atoms with Gasteiger partial charge in [-0.15, -0.1) is 0 Å². The van der Waals surface area contributed by atoms with Crippen LogP contribution in [0.2, 0.25) is 0 Å². The fourth-order valence-electron chi connectivity index (χ4n) is 4.49. The third-order valence-corrected chi connectivity index (χ3v) is 6.35. The number of aromatic nitrogens is 4. The Bertz CT molecular complexity index is 1130. The maximum Gasteiger partial charge on any atom is 0.229 e. The molecule has 1 aliphatic carbocycles. The van der Waals surface area contributed by atoms with Crippen molar-refractivity contribution in [1.29, 1.82) is 5.26 Å². The molecule has 3 aromatic rings. The number of anilines is 3. The summed E-state index contributed by atoms with van der Waals surface area (Å²) in [4.78, 5) is 9.36. The van der Waals surface area contributed by atoms with Crippen LogP contribution in [0.4, 0.5) is 17.5 Å². The molecule has 2 aromatic heterocycles. The zero-order valence-electron chi connectivity index (χ0n) is 18.4. The van der Waals surface area contributed by atoms with Crippen LogP contribution in [0.3, 0.4) is 0 Å². The molecule has 1 saturated carbocycles. The van der Waals surface area contributed by atoms with Gasteiger partial charge in [-0.25, -0.2) is 4.98 Å². The van der Waals surface area contributed by atoms with E-state index in [1.807, 2.05) is 29.2 Å². The van der Waals surface area contributed by atoms with Crippen LogP contribution in [0.15, 0.2) is 42.9 Å². The first-order valence-electron chi connectivity index (χ1n) is 11.5. The molecule has 2 atom stereocenters. The minimum absolute atomic E-state index is 0.223. The lowest BCUT2D eigenvalue weighted by Gasteiger charge is -2.22. The predicted molar refractivity (Wildman–Crippen MR) is 126 cm³/mol. The Morgan fingerprint density at radius 2 is 1.91 bits per heavy atom. The van der Waals surface area contributed by atoms with Crippen molar-refractivity contribution in [3.8, 4) is 17.2 Å².